The number of piperidine rings is 2. The summed E-state index contributed by atoms with van der Waals surface area (Å²) >= 11 is 6.27. The highest BCUT2D eigenvalue weighted by molar-refractivity contribution is 7.90. The van der Waals surface area contributed by atoms with Crippen molar-refractivity contribution in [2.45, 2.75) is 76.2 Å². The van der Waals surface area contributed by atoms with Crippen LogP contribution in [0.3, 0.4) is 0 Å². The summed E-state index contributed by atoms with van der Waals surface area (Å²) in [5.41, 5.74) is 6.12. The number of hydrogen-bond donors (Lipinski definition) is 5. The van der Waals surface area contributed by atoms with Crippen LogP contribution in [-0.2, 0) is 19.6 Å². The number of pyridine rings is 1. The second-order valence-corrected chi connectivity index (χ2v) is 25.2. The van der Waals surface area contributed by atoms with Crippen LogP contribution in [0.5, 0.6) is 11.5 Å². The molecule has 2 unspecified atom stereocenters. The predicted molar refractivity (Wildman–Crippen MR) is 319 cm³/mol. The highest BCUT2D eigenvalue weighted by Crippen LogP contribution is 2.44. The number of benzene rings is 4. The number of fused-ring (bicyclic) bond motifs is 2. The molecule has 0 radical (unpaired) electrons. The summed E-state index contributed by atoms with van der Waals surface area (Å²) in [6, 6.07) is 24.1. The number of carbonyl (C=O) groups is 5. The molecule has 4 aliphatic heterocycles. The topological polar surface area (TPSA) is 262 Å². The normalized spacial score (nSPS) is 19.6. The van der Waals surface area contributed by atoms with Crippen LogP contribution in [0.2, 0.25) is 5.02 Å². The van der Waals surface area contributed by atoms with Crippen molar-refractivity contribution >= 4 is 90.5 Å². The molecule has 1 aliphatic carbocycles. The Morgan fingerprint density at radius 2 is 1.70 bits per heavy atom. The Labute approximate surface area is 491 Å². The smallest absolute Gasteiger partial charge is 0.293 e. The van der Waals surface area contributed by atoms with Gasteiger partial charge in [-0.15, -0.1) is 0 Å². The van der Waals surface area contributed by atoms with Crippen molar-refractivity contribution in [3.05, 3.63) is 146 Å². The number of piperazine rings is 1. The van der Waals surface area contributed by atoms with Crippen molar-refractivity contribution < 1.29 is 42.1 Å². The third kappa shape index (κ3) is 12.7. The van der Waals surface area contributed by atoms with Gasteiger partial charge in [-0.1, -0.05) is 49.2 Å². The van der Waals surface area contributed by atoms with Crippen molar-refractivity contribution in [2.24, 2.45) is 11.3 Å². The number of nitrogens with zero attached hydrogens (tertiary/aromatic N) is 6. The quantitative estimate of drug-likeness (QED) is 0.0219. The Morgan fingerprint density at radius 1 is 0.893 bits per heavy atom. The molecule has 5 N–H and O–H groups in total. The molecule has 6 aromatic rings. The first-order valence-electron chi connectivity index (χ1n) is 28.5. The van der Waals surface area contributed by atoms with Gasteiger partial charge in [0.2, 0.25) is 11.8 Å². The SMILES string of the molecule is CC1(C)CCC(CN2CCN(c3ccc(C(=O)NS(=O)(=O)c4ccc(NCC5CCCN(CCCNc6cccc7c6C(=O)N(C6CCC(=O)NC6=O)C7=O)C5)c([N+](=O)[O-])c4)c(Oc4cnc5[nH]ccc5c4)c3)CC2)=C(c2ccc(Cl)cc2)C1. The summed E-state index contributed by atoms with van der Waals surface area (Å²) in [5.74, 6) is -2.74. The van der Waals surface area contributed by atoms with Crippen LogP contribution in [0.1, 0.15) is 102 Å². The van der Waals surface area contributed by atoms with Gasteiger partial charge in [0.05, 0.1) is 32.7 Å². The van der Waals surface area contributed by atoms with Gasteiger partial charge in [-0.2, -0.15) is 0 Å². The van der Waals surface area contributed by atoms with E-state index in [0.717, 1.165) is 80.3 Å². The molecule has 84 heavy (non-hydrogen) atoms. The van der Waals surface area contributed by atoms with Gasteiger partial charge in [0.1, 0.15) is 28.9 Å². The van der Waals surface area contributed by atoms with E-state index in [1.807, 2.05) is 18.2 Å². The van der Waals surface area contributed by atoms with Crippen LogP contribution in [0, 0.1) is 21.4 Å². The van der Waals surface area contributed by atoms with E-state index in [9.17, 15) is 42.5 Å². The summed E-state index contributed by atoms with van der Waals surface area (Å²) in [5, 5.41) is 22.7. The largest absolute Gasteiger partial charge is 0.455 e. The summed E-state index contributed by atoms with van der Waals surface area (Å²) in [6.45, 7) is 11.6. The molecular weight excluding hydrogens is 1110 g/mol. The minimum absolute atomic E-state index is 0.0281. The van der Waals surface area contributed by atoms with Gasteiger partial charge in [0, 0.05) is 98.9 Å². The number of amides is 5. The molecule has 3 saturated heterocycles. The molecule has 6 heterocycles. The van der Waals surface area contributed by atoms with E-state index in [0.29, 0.717) is 67.8 Å². The van der Waals surface area contributed by atoms with Gasteiger partial charge >= 0.3 is 0 Å². The third-order valence-electron chi connectivity index (χ3n) is 16.7. The highest BCUT2D eigenvalue weighted by atomic mass is 35.5. The van der Waals surface area contributed by atoms with Crippen LogP contribution in [0.25, 0.3) is 16.6 Å². The maximum atomic E-state index is 14.2. The molecule has 23 heteroatoms. The number of nitrogens with one attached hydrogen (secondary N) is 5. The van der Waals surface area contributed by atoms with E-state index in [2.05, 4.69) is 71.3 Å². The number of aromatic nitrogens is 2. The number of sulfonamides is 1. The number of allylic oxidation sites excluding steroid dienone is 1. The predicted octanol–water partition coefficient (Wildman–Crippen LogP) is 8.85. The average molecular weight is 1180 g/mol. The number of nitro benzene ring substituents is 1. The first-order valence-corrected chi connectivity index (χ1v) is 30.3. The first-order chi connectivity index (χ1) is 40.4. The van der Waals surface area contributed by atoms with Crippen LogP contribution >= 0.6 is 11.6 Å². The van der Waals surface area contributed by atoms with Crippen LogP contribution < -0.4 is 30.3 Å². The molecule has 21 nitrogen and oxygen atoms in total. The Hall–Kier alpha value is -8.18. The average Bonchev–Trinajstić information content (AvgIpc) is 3.21. The number of H-pyrrole nitrogens is 1. The Bertz CT molecular complexity index is 3730. The molecule has 0 saturated carbocycles. The highest BCUT2D eigenvalue weighted by Gasteiger charge is 2.46. The molecule has 5 aliphatic rings. The standard InChI is InChI=1S/C61H66ClN11O10S/c1-61(2)21-19-41(48(33-61)39-9-11-42(62)12-10-39)37-70-26-28-71(29-27-70)43-13-15-46(53(31-43)83-44-30-40-20-23-64-56(40)66-35-44)57(75)68-84(81,82)45-14-16-49(52(32-45)73(79)80)65-34-38-6-4-24-69(36-38)25-5-22-63-50-8-3-7-47-55(50)60(78)72(59(47)77)51-17-18-54(74)67-58(51)76/h3,7-16,20,23,30-32,35,38,51,63,65H,4-6,17-19,21-22,24-29,33-34,36-37H2,1-2H3,(H,64,66)(H,68,75)(H,67,74,76). The molecule has 438 valence electrons. The lowest BCUT2D eigenvalue weighted by molar-refractivity contribution is -0.384. The number of hydrogen-bond acceptors (Lipinski definition) is 16. The lowest BCUT2D eigenvalue weighted by Crippen LogP contribution is -2.54. The fourth-order valence-electron chi connectivity index (χ4n) is 12.2. The number of carbonyl (C=O) groups excluding carboxylic acids is 5. The number of imide groups is 2. The molecule has 0 bridgehead atoms. The minimum Gasteiger partial charge on any atom is -0.455 e. The Kier molecular flexibility index (Phi) is 16.6. The first kappa shape index (κ1) is 57.6. The van der Waals surface area contributed by atoms with Gasteiger partial charge in [-0.05, 0) is 141 Å². The van der Waals surface area contributed by atoms with Gasteiger partial charge in [0.15, 0.2) is 0 Å². The maximum Gasteiger partial charge on any atom is 0.293 e. The van der Waals surface area contributed by atoms with Gasteiger partial charge in [-0.25, -0.2) is 18.1 Å². The number of halogens is 1. The van der Waals surface area contributed by atoms with Crippen molar-refractivity contribution in [3.8, 4) is 11.5 Å². The fraction of sp³-hybridized carbons (Fsp3) is 0.377. The minimum atomic E-state index is -4.66. The van der Waals surface area contributed by atoms with E-state index >= 15 is 0 Å². The van der Waals surface area contributed by atoms with E-state index < -0.39 is 61.1 Å². The number of aromatic amines is 1. The van der Waals surface area contributed by atoms with Crippen molar-refractivity contribution in [2.75, 3.05) is 81.0 Å². The van der Waals surface area contributed by atoms with Gasteiger partial charge in [-0.3, -0.25) is 49.2 Å². The van der Waals surface area contributed by atoms with E-state index in [1.165, 1.54) is 41.1 Å². The number of nitro groups is 1. The van der Waals surface area contributed by atoms with Crippen molar-refractivity contribution in [3.63, 3.8) is 0 Å². The van der Waals surface area contributed by atoms with E-state index in [1.54, 1.807) is 42.6 Å². The van der Waals surface area contributed by atoms with Crippen LogP contribution in [0.15, 0.2) is 114 Å². The molecule has 3 fully saturated rings. The van der Waals surface area contributed by atoms with Crippen molar-refractivity contribution in [1.29, 1.82) is 0 Å². The lowest BCUT2D eigenvalue weighted by Gasteiger charge is -2.39. The zero-order chi connectivity index (χ0) is 58.9. The number of ether oxygens (including phenoxy) is 1. The fourth-order valence-corrected chi connectivity index (χ4v) is 13.3. The Balaban J connectivity index is 0.714. The number of rotatable bonds is 19. The molecule has 2 atom stereocenters. The second kappa shape index (κ2) is 24.2. The molecule has 4 aromatic carbocycles. The summed E-state index contributed by atoms with van der Waals surface area (Å²) in [7, 11) is -4.66. The van der Waals surface area contributed by atoms with Crippen molar-refractivity contribution in [1.82, 2.24) is 34.7 Å². The van der Waals surface area contributed by atoms with E-state index in [-0.39, 0.29) is 52.3 Å². The lowest BCUT2D eigenvalue weighted by atomic mass is 9.72. The molecule has 5 amide bonds. The summed E-state index contributed by atoms with van der Waals surface area (Å²) in [4.78, 5) is 92.1. The third-order valence-corrected chi connectivity index (χ3v) is 18.2. The monoisotopic (exact) mass is 1180 g/mol. The zero-order valence-corrected chi connectivity index (χ0v) is 48.3. The number of anilines is 3. The van der Waals surface area contributed by atoms with Crippen LogP contribution in [-0.4, -0.2) is 139 Å². The number of likely N-dealkylation sites (tertiary alicyclic amines) is 1. The van der Waals surface area contributed by atoms with E-state index in [4.69, 9.17) is 16.3 Å². The van der Waals surface area contributed by atoms with Crippen LogP contribution in [0.4, 0.5) is 22.7 Å². The molecule has 2 aromatic heterocycles. The molecular formula is C61H66ClN11O10S. The summed E-state index contributed by atoms with van der Waals surface area (Å²) in [6.07, 6.45) is 8.91. The Morgan fingerprint density at radius 3 is 2.49 bits per heavy atom. The molecule has 11 rings (SSSR count). The zero-order valence-electron chi connectivity index (χ0n) is 46.7. The molecule has 0 spiro atoms. The van der Waals surface area contributed by atoms with Gasteiger partial charge in [0.25, 0.3) is 33.4 Å². The maximum absolute atomic E-state index is 14.2. The summed E-state index contributed by atoms with van der Waals surface area (Å²) < 4.78 is 36.5. The van der Waals surface area contributed by atoms with Gasteiger partial charge < -0.3 is 30.2 Å². The second-order valence-electron chi connectivity index (χ2n) is 23.1.